The Hall–Kier alpha value is -3.01. The molecule has 1 aliphatic heterocycles. The van der Waals surface area contributed by atoms with Crippen LogP contribution >= 0.6 is 23.1 Å². The minimum atomic E-state index is 0.177. The maximum atomic E-state index is 2.34. The summed E-state index contributed by atoms with van der Waals surface area (Å²) in [7, 11) is 0. The number of anilines is 3. The molecule has 0 N–H and O–H groups in total. The maximum absolute atomic E-state index is 2.34. The van der Waals surface area contributed by atoms with Crippen LogP contribution in [-0.2, 0) is 5.41 Å². The van der Waals surface area contributed by atoms with Crippen molar-refractivity contribution < 1.29 is 0 Å². The molecule has 0 aliphatic carbocycles. The molecule has 2 heterocycles. The number of benzene rings is 3. The van der Waals surface area contributed by atoms with Gasteiger partial charge in [-0.25, -0.2) is 0 Å². The topological polar surface area (TPSA) is 3.24 Å². The fourth-order valence-corrected chi connectivity index (χ4v) is 6.83. The van der Waals surface area contributed by atoms with Crippen molar-refractivity contribution in [1.82, 2.24) is 0 Å². The molecule has 5 rings (SSSR count). The lowest BCUT2D eigenvalue weighted by molar-refractivity contribution is 0.533. The molecule has 1 nitrogen and oxygen atoms in total. The van der Waals surface area contributed by atoms with E-state index in [2.05, 4.69) is 150 Å². The molecule has 0 unspecified atom stereocenters. The molecule has 0 amide bonds. The van der Waals surface area contributed by atoms with E-state index in [0.29, 0.717) is 0 Å². The summed E-state index contributed by atoms with van der Waals surface area (Å²) in [5.41, 5.74) is 7.81. The van der Waals surface area contributed by atoms with Crippen LogP contribution in [-0.4, -0.2) is 5.75 Å². The van der Waals surface area contributed by atoms with Crippen molar-refractivity contribution in [2.45, 2.75) is 47.0 Å². The van der Waals surface area contributed by atoms with E-state index in [4.69, 9.17) is 0 Å². The molecule has 0 saturated carbocycles. The second kappa shape index (κ2) is 10.6. The van der Waals surface area contributed by atoms with Crippen LogP contribution in [0.25, 0.3) is 16.0 Å². The highest BCUT2D eigenvalue weighted by Crippen LogP contribution is 2.41. The summed E-state index contributed by atoms with van der Waals surface area (Å²) in [5.74, 6) is 1.02. The van der Waals surface area contributed by atoms with Crippen molar-refractivity contribution in [3.8, 4) is 10.4 Å². The van der Waals surface area contributed by atoms with Gasteiger partial charge in [0.05, 0.1) is 0 Å². The zero-order valence-electron chi connectivity index (χ0n) is 23.3. The van der Waals surface area contributed by atoms with Gasteiger partial charge < -0.3 is 4.90 Å². The van der Waals surface area contributed by atoms with E-state index < -0.39 is 0 Å². The number of nitrogens with zero attached hydrogens (tertiary/aromatic N) is 1. The van der Waals surface area contributed by atoms with Crippen LogP contribution in [0.15, 0.2) is 108 Å². The number of hydrogen-bond acceptors (Lipinski definition) is 3. The van der Waals surface area contributed by atoms with Gasteiger partial charge in [-0.05, 0) is 81.0 Å². The van der Waals surface area contributed by atoms with E-state index in [1.165, 1.54) is 31.4 Å². The Morgan fingerprint density at radius 2 is 1.16 bits per heavy atom. The summed E-state index contributed by atoms with van der Waals surface area (Å²) in [4.78, 5) is 6.52. The summed E-state index contributed by atoms with van der Waals surface area (Å²) in [6.07, 6.45) is 4.60. The Morgan fingerprint density at radius 3 is 1.66 bits per heavy atom. The van der Waals surface area contributed by atoms with Crippen LogP contribution < -0.4 is 4.90 Å². The molecular formula is C35H37NS2. The van der Waals surface area contributed by atoms with Crippen molar-refractivity contribution in [2.24, 2.45) is 5.41 Å². The van der Waals surface area contributed by atoms with Crippen LogP contribution in [0.2, 0.25) is 0 Å². The van der Waals surface area contributed by atoms with E-state index in [1.54, 1.807) is 0 Å². The smallest absolute Gasteiger partial charge is 0.0462 e. The fourth-order valence-electron chi connectivity index (χ4n) is 4.59. The summed E-state index contributed by atoms with van der Waals surface area (Å²) >= 11 is 3.85. The van der Waals surface area contributed by atoms with Gasteiger partial charge in [-0.2, -0.15) is 0 Å². The first-order valence-corrected chi connectivity index (χ1v) is 15.1. The highest BCUT2D eigenvalue weighted by atomic mass is 32.2. The number of para-hydroxylation sites is 1. The van der Waals surface area contributed by atoms with Gasteiger partial charge in [0.25, 0.3) is 0 Å². The molecule has 3 heteroatoms. The minimum absolute atomic E-state index is 0.177. The van der Waals surface area contributed by atoms with E-state index in [9.17, 15) is 0 Å². The predicted octanol–water partition coefficient (Wildman–Crippen LogP) is 11.2. The number of rotatable bonds is 5. The SMILES string of the molecule is CC(C)(C)C1=CC=C(c2ccc(N(c3ccccc3)c3ccc(-c4ccc(C(C)(C)C)s4)cc3)cc2)CS1. The normalized spacial score (nSPS) is 14.2. The lowest BCUT2D eigenvalue weighted by Gasteiger charge is -2.27. The monoisotopic (exact) mass is 535 g/mol. The predicted molar refractivity (Wildman–Crippen MR) is 171 cm³/mol. The van der Waals surface area contributed by atoms with Crippen LogP contribution in [0.5, 0.6) is 0 Å². The molecular weight excluding hydrogens is 499 g/mol. The fraction of sp³-hybridized carbons (Fsp3) is 0.257. The first-order valence-electron chi connectivity index (χ1n) is 13.3. The highest BCUT2D eigenvalue weighted by molar-refractivity contribution is 8.03. The Kier molecular flexibility index (Phi) is 7.44. The molecule has 1 aromatic heterocycles. The largest absolute Gasteiger partial charge is 0.311 e. The van der Waals surface area contributed by atoms with Crippen molar-refractivity contribution >= 4 is 45.7 Å². The van der Waals surface area contributed by atoms with Gasteiger partial charge in [0.1, 0.15) is 0 Å². The lowest BCUT2D eigenvalue weighted by atomic mass is 9.95. The van der Waals surface area contributed by atoms with Crippen LogP contribution in [0.3, 0.4) is 0 Å². The third-order valence-electron chi connectivity index (χ3n) is 6.82. The van der Waals surface area contributed by atoms with Gasteiger partial charge in [-0.1, -0.05) is 96.2 Å². The molecule has 1 aliphatic rings. The van der Waals surface area contributed by atoms with Gasteiger partial charge in [0.15, 0.2) is 0 Å². The van der Waals surface area contributed by atoms with Gasteiger partial charge in [-0.15, -0.1) is 23.1 Å². The third-order valence-corrected chi connectivity index (χ3v) is 9.90. The van der Waals surface area contributed by atoms with E-state index in [-0.39, 0.29) is 10.8 Å². The number of hydrogen-bond donors (Lipinski definition) is 0. The van der Waals surface area contributed by atoms with Crippen molar-refractivity contribution in [1.29, 1.82) is 0 Å². The van der Waals surface area contributed by atoms with E-state index >= 15 is 0 Å². The molecule has 0 bridgehead atoms. The zero-order valence-corrected chi connectivity index (χ0v) is 24.9. The van der Waals surface area contributed by atoms with Crippen molar-refractivity contribution in [3.63, 3.8) is 0 Å². The van der Waals surface area contributed by atoms with Crippen LogP contribution in [0, 0.1) is 5.41 Å². The van der Waals surface area contributed by atoms with E-state index in [1.807, 2.05) is 23.1 Å². The average Bonchev–Trinajstić information content (AvgIpc) is 3.41. The molecule has 38 heavy (non-hydrogen) atoms. The minimum Gasteiger partial charge on any atom is -0.311 e. The first-order chi connectivity index (χ1) is 18.1. The second-order valence-electron chi connectivity index (χ2n) is 11.9. The molecule has 0 spiro atoms. The molecule has 0 fully saturated rings. The second-order valence-corrected chi connectivity index (χ2v) is 14.0. The molecule has 0 radical (unpaired) electrons. The van der Waals surface area contributed by atoms with Gasteiger partial charge in [-0.3, -0.25) is 0 Å². The van der Waals surface area contributed by atoms with Crippen molar-refractivity contribution in [2.75, 3.05) is 10.7 Å². The first kappa shape index (κ1) is 26.6. The molecule has 0 saturated heterocycles. The summed E-state index contributed by atoms with van der Waals surface area (Å²) in [5, 5.41) is 0. The van der Waals surface area contributed by atoms with Gasteiger partial charge >= 0.3 is 0 Å². The standard InChI is InChI=1S/C35H37NS2/c1-34(2,3)32-22-16-27(24-37-32)25-12-17-29(18-13-25)36(28-10-8-7-9-11-28)30-19-14-26(15-20-30)31-21-23-33(38-31)35(4,5)6/h7-23H,24H2,1-6H3. The maximum Gasteiger partial charge on any atom is 0.0462 e. The summed E-state index contributed by atoms with van der Waals surface area (Å²) < 4.78 is 0. The average molecular weight is 536 g/mol. The van der Waals surface area contributed by atoms with Gasteiger partial charge in [0.2, 0.25) is 0 Å². The Bertz CT molecular complexity index is 1440. The molecule has 0 atom stereocenters. The third kappa shape index (κ3) is 5.85. The Labute approximate surface area is 236 Å². The van der Waals surface area contributed by atoms with Gasteiger partial charge in [0, 0.05) is 32.6 Å². The van der Waals surface area contributed by atoms with E-state index in [0.717, 1.165) is 22.8 Å². The Balaban J connectivity index is 1.44. The summed E-state index contributed by atoms with van der Waals surface area (Å²) in [6.45, 7) is 13.7. The number of thiophene rings is 1. The summed E-state index contributed by atoms with van der Waals surface area (Å²) in [6, 6.07) is 33.2. The zero-order chi connectivity index (χ0) is 26.9. The Morgan fingerprint density at radius 1 is 0.579 bits per heavy atom. The highest BCUT2D eigenvalue weighted by Gasteiger charge is 2.21. The molecule has 194 valence electrons. The quantitative estimate of drug-likeness (QED) is 0.250. The number of thioether (sulfide) groups is 1. The van der Waals surface area contributed by atoms with Crippen LogP contribution in [0.4, 0.5) is 17.1 Å². The van der Waals surface area contributed by atoms with Crippen LogP contribution in [0.1, 0.15) is 52.0 Å². The molecule has 4 aromatic rings. The lowest BCUT2D eigenvalue weighted by Crippen LogP contribution is -2.10. The van der Waals surface area contributed by atoms with Crippen molar-refractivity contribution in [3.05, 3.63) is 118 Å². The number of allylic oxidation sites excluding steroid dienone is 3. The molecule has 3 aromatic carbocycles.